The number of nitrogens with two attached hydrogens (primary N) is 1. The molecule has 4 N–H and O–H groups in total. The minimum atomic E-state index is -0.388. The van der Waals surface area contributed by atoms with Gasteiger partial charge in [0.05, 0.1) is 5.92 Å². The van der Waals surface area contributed by atoms with Crippen LogP contribution in [0.5, 0.6) is 0 Å². The van der Waals surface area contributed by atoms with E-state index < -0.39 is 0 Å². The molecule has 1 unspecified atom stereocenters. The van der Waals surface area contributed by atoms with Gasteiger partial charge in [0.1, 0.15) is 0 Å². The lowest BCUT2D eigenvalue weighted by Crippen LogP contribution is -2.33. The zero-order valence-electron chi connectivity index (χ0n) is 7.00. The van der Waals surface area contributed by atoms with Gasteiger partial charge < -0.3 is 5.73 Å². The molecule has 0 aromatic heterocycles. The number of hydroxylamine groups is 1. The number of hydrogen-bond acceptors (Lipinski definition) is 3. The maximum Gasteiger partial charge on any atom is 0.247 e. The third kappa shape index (κ3) is 3.95. The Hall–Kier alpha value is -0.610. The normalized spacial score (nSPS) is 13.2. The SMILES string of the molecule is CC(C)CC(CN)C(=O)NO. The van der Waals surface area contributed by atoms with Crippen molar-refractivity contribution in [2.24, 2.45) is 17.6 Å². The van der Waals surface area contributed by atoms with Gasteiger partial charge in [-0.15, -0.1) is 0 Å². The summed E-state index contributed by atoms with van der Waals surface area (Å²) in [6.07, 6.45) is 0.711. The molecule has 0 saturated carbocycles. The second-order valence-corrected chi connectivity index (χ2v) is 3.04. The van der Waals surface area contributed by atoms with Crippen LogP contribution < -0.4 is 11.2 Å². The molecule has 4 nitrogen and oxygen atoms in total. The van der Waals surface area contributed by atoms with Crippen molar-refractivity contribution in [1.29, 1.82) is 0 Å². The molecule has 0 aromatic carbocycles. The predicted molar refractivity (Wildman–Crippen MR) is 41.9 cm³/mol. The highest BCUT2D eigenvalue weighted by atomic mass is 16.5. The summed E-state index contributed by atoms with van der Waals surface area (Å²) in [6.45, 7) is 4.30. The summed E-state index contributed by atoms with van der Waals surface area (Å²) < 4.78 is 0. The quantitative estimate of drug-likeness (QED) is 0.403. The number of nitrogens with one attached hydrogen (secondary N) is 1. The maximum atomic E-state index is 10.8. The van der Waals surface area contributed by atoms with E-state index in [1.807, 2.05) is 13.8 Å². The van der Waals surface area contributed by atoms with Gasteiger partial charge in [0.25, 0.3) is 0 Å². The van der Waals surface area contributed by atoms with Crippen LogP contribution in [-0.4, -0.2) is 17.7 Å². The first-order valence-corrected chi connectivity index (χ1v) is 3.75. The fraction of sp³-hybridized carbons (Fsp3) is 0.857. The molecule has 0 heterocycles. The van der Waals surface area contributed by atoms with Gasteiger partial charge in [-0.2, -0.15) is 0 Å². The summed E-state index contributed by atoms with van der Waals surface area (Å²) in [5.74, 6) is -0.234. The topological polar surface area (TPSA) is 75.4 Å². The molecule has 11 heavy (non-hydrogen) atoms. The molecule has 4 heteroatoms. The number of amides is 1. The third-order valence-electron chi connectivity index (χ3n) is 1.52. The second-order valence-electron chi connectivity index (χ2n) is 3.04. The van der Waals surface area contributed by atoms with E-state index in [4.69, 9.17) is 10.9 Å². The average molecular weight is 160 g/mol. The predicted octanol–water partition coefficient (Wildman–Crippen LogP) is 0.113. The third-order valence-corrected chi connectivity index (χ3v) is 1.52. The van der Waals surface area contributed by atoms with Gasteiger partial charge in [0.2, 0.25) is 5.91 Å². The summed E-state index contributed by atoms with van der Waals surface area (Å²) in [5, 5.41) is 8.29. The molecule has 1 amide bonds. The van der Waals surface area contributed by atoms with E-state index in [2.05, 4.69) is 0 Å². The van der Waals surface area contributed by atoms with Crippen LogP contribution in [0.15, 0.2) is 0 Å². The minimum absolute atomic E-state index is 0.264. The van der Waals surface area contributed by atoms with E-state index in [1.54, 1.807) is 5.48 Å². The fourth-order valence-corrected chi connectivity index (χ4v) is 0.971. The summed E-state index contributed by atoms with van der Waals surface area (Å²) in [6, 6.07) is 0. The largest absolute Gasteiger partial charge is 0.330 e. The Kier molecular flexibility index (Phi) is 4.81. The Morgan fingerprint density at radius 1 is 1.64 bits per heavy atom. The van der Waals surface area contributed by atoms with E-state index in [0.29, 0.717) is 12.3 Å². The van der Waals surface area contributed by atoms with Crippen LogP contribution in [0.4, 0.5) is 0 Å². The second kappa shape index (κ2) is 5.09. The molecule has 1 atom stereocenters. The molecular formula is C7H16N2O2. The molecule has 0 rings (SSSR count). The van der Waals surface area contributed by atoms with Gasteiger partial charge in [-0.3, -0.25) is 10.0 Å². The van der Waals surface area contributed by atoms with Gasteiger partial charge in [-0.25, -0.2) is 5.48 Å². The summed E-state index contributed by atoms with van der Waals surface area (Å²) >= 11 is 0. The van der Waals surface area contributed by atoms with Crippen molar-refractivity contribution < 1.29 is 10.0 Å². The van der Waals surface area contributed by atoms with Crippen molar-refractivity contribution >= 4 is 5.91 Å². The summed E-state index contributed by atoms with van der Waals surface area (Å²) in [5.41, 5.74) is 6.93. The molecule has 0 saturated heterocycles. The van der Waals surface area contributed by atoms with Crippen molar-refractivity contribution in [3.63, 3.8) is 0 Å². The molecule has 0 spiro atoms. The molecule has 0 radical (unpaired) electrons. The lowest BCUT2D eigenvalue weighted by atomic mass is 9.97. The van der Waals surface area contributed by atoms with Crippen molar-refractivity contribution in [1.82, 2.24) is 5.48 Å². The Morgan fingerprint density at radius 3 is 2.45 bits per heavy atom. The Labute approximate surface area is 66.7 Å². The van der Waals surface area contributed by atoms with Crippen LogP contribution in [0.2, 0.25) is 0 Å². The first-order chi connectivity index (χ1) is 5.11. The molecule has 0 aromatic rings. The highest BCUT2D eigenvalue weighted by molar-refractivity contribution is 5.77. The van der Waals surface area contributed by atoms with Crippen LogP contribution in [0.25, 0.3) is 0 Å². The van der Waals surface area contributed by atoms with Crippen LogP contribution in [0.1, 0.15) is 20.3 Å². The van der Waals surface area contributed by atoms with E-state index in [-0.39, 0.29) is 18.4 Å². The van der Waals surface area contributed by atoms with Crippen molar-refractivity contribution in [2.45, 2.75) is 20.3 Å². The molecular weight excluding hydrogens is 144 g/mol. The van der Waals surface area contributed by atoms with Gasteiger partial charge in [-0.05, 0) is 12.3 Å². The molecule has 0 aliphatic rings. The Morgan fingerprint density at radius 2 is 2.18 bits per heavy atom. The molecule has 0 aliphatic heterocycles. The highest BCUT2D eigenvalue weighted by Crippen LogP contribution is 2.09. The monoisotopic (exact) mass is 160 g/mol. The molecule has 0 fully saturated rings. The van der Waals surface area contributed by atoms with E-state index in [1.165, 1.54) is 0 Å². The first-order valence-electron chi connectivity index (χ1n) is 3.75. The van der Waals surface area contributed by atoms with Gasteiger partial charge in [0, 0.05) is 6.54 Å². The van der Waals surface area contributed by atoms with Crippen LogP contribution in [0, 0.1) is 11.8 Å². The molecule has 66 valence electrons. The Bertz CT molecular complexity index is 126. The molecule has 0 aliphatic carbocycles. The summed E-state index contributed by atoms with van der Waals surface area (Å²) in [7, 11) is 0. The standard InChI is InChI=1S/C7H16N2O2/c1-5(2)3-6(4-8)7(10)9-11/h5-6,11H,3-4,8H2,1-2H3,(H,9,10). The smallest absolute Gasteiger partial charge is 0.247 e. The van der Waals surface area contributed by atoms with Gasteiger partial charge >= 0.3 is 0 Å². The Balaban J connectivity index is 3.84. The van der Waals surface area contributed by atoms with E-state index in [0.717, 1.165) is 0 Å². The van der Waals surface area contributed by atoms with Crippen LogP contribution in [-0.2, 0) is 4.79 Å². The average Bonchev–Trinajstić information content (AvgIpc) is 1.98. The molecule has 0 bridgehead atoms. The lowest BCUT2D eigenvalue weighted by molar-refractivity contribution is -0.133. The number of hydrogen-bond donors (Lipinski definition) is 3. The number of rotatable bonds is 4. The zero-order chi connectivity index (χ0) is 8.85. The minimum Gasteiger partial charge on any atom is -0.330 e. The lowest BCUT2D eigenvalue weighted by Gasteiger charge is -2.13. The first kappa shape index (κ1) is 10.4. The zero-order valence-corrected chi connectivity index (χ0v) is 7.00. The van der Waals surface area contributed by atoms with Crippen molar-refractivity contribution in [3.8, 4) is 0 Å². The van der Waals surface area contributed by atoms with Crippen molar-refractivity contribution in [3.05, 3.63) is 0 Å². The van der Waals surface area contributed by atoms with Crippen LogP contribution in [0.3, 0.4) is 0 Å². The fourth-order valence-electron chi connectivity index (χ4n) is 0.971. The maximum absolute atomic E-state index is 10.8. The highest BCUT2D eigenvalue weighted by Gasteiger charge is 2.16. The van der Waals surface area contributed by atoms with E-state index in [9.17, 15) is 4.79 Å². The van der Waals surface area contributed by atoms with Crippen LogP contribution >= 0.6 is 0 Å². The van der Waals surface area contributed by atoms with Gasteiger partial charge in [0.15, 0.2) is 0 Å². The van der Waals surface area contributed by atoms with Crippen molar-refractivity contribution in [2.75, 3.05) is 6.54 Å². The number of carbonyl (C=O) groups is 1. The number of carbonyl (C=O) groups excluding carboxylic acids is 1. The summed E-state index contributed by atoms with van der Waals surface area (Å²) in [4.78, 5) is 10.8. The van der Waals surface area contributed by atoms with E-state index >= 15 is 0 Å². The van der Waals surface area contributed by atoms with Gasteiger partial charge in [-0.1, -0.05) is 13.8 Å².